The zero-order chi connectivity index (χ0) is 17.3. The first-order valence-corrected chi connectivity index (χ1v) is 7.14. The molecule has 2 aromatic carbocycles. The maximum absolute atomic E-state index is 12.4. The SMILES string of the molecule is C.COc1cc(O)c2c(=O)cc(-c3ccc(OC)c(OC)c3)oc2c1. The number of phenolic OH excluding ortho intramolecular Hbond substituents is 1. The number of hydrogen-bond acceptors (Lipinski definition) is 6. The number of ether oxygens (including phenoxy) is 3. The topological polar surface area (TPSA) is 78.1 Å². The third-order valence-electron chi connectivity index (χ3n) is 3.69. The molecule has 0 bridgehead atoms. The zero-order valence-electron chi connectivity index (χ0n) is 13.5. The van der Waals surface area contributed by atoms with E-state index >= 15 is 0 Å². The summed E-state index contributed by atoms with van der Waals surface area (Å²) in [5.74, 6) is 1.65. The van der Waals surface area contributed by atoms with Gasteiger partial charge in [-0.25, -0.2) is 0 Å². The van der Waals surface area contributed by atoms with Crippen molar-refractivity contribution in [1.82, 2.24) is 0 Å². The van der Waals surface area contributed by atoms with E-state index in [4.69, 9.17) is 18.6 Å². The summed E-state index contributed by atoms with van der Waals surface area (Å²) in [7, 11) is 4.54. The predicted molar refractivity (Wildman–Crippen MR) is 96.0 cm³/mol. The maximum atomic E-state index is 12.4. The van der Waals surface area contributed by atoms with E-state index in [2.05, 4.69) is 0 Å². The summed E-state index contributed by atoms with van der Waals surface area (Å²) in [5, 5.41) is 10.1. The highest BCUT2D eigenvalue weighted by Crippen LogP contribution is 2.34. The molecule has 3 aromatic rings. The van der Waals surface area contributed by atoms with Crippen molar-refractivity contribution >= 4 is 11.0 Å². The highest BCUT2D eigenvalue weighted by atomic mass is 16.5. The van der Waals surface area contributed by atoms with Gasteiger partial charge in [0, 0.05) is 23.8 Å². The first-order valence-electron chi connectivity index (χ1n) is 7.14. The molecule has 6 heteroatoms. The summed E-state index contributed by atoms with van der Waals surface area (Å²) in [6, 6.07) is 9.45. The minimum absolute atomic E-state index is 0. The lowest BCUT2D eigenvalue weighted by Crippen LogP contribution is -2.01. The first-order chi connectivity index (χ1) is 11.6. The van der Waals surface area contributed by atoms with Crippen LogP contribution in [0.4, 0.5) is 0 Å². The molecule has 0 saturated carbocycles. The van der Waals surface area contributed by atoms with E-state index in [0.29, 0.717) is 28.6 Å². The largest absolute Gasteiger partial charge is 0.507 e. The van der Waals surface area contributed by atoms with Gasteiger partial charge in [0.1, 0.15) is 28.2 Å². The number of phenols is 1. The van der Waals surface area contributed by atoms with Crippen molar-refractivity contribution in [2.24, 2.45) is 0 Å². The molecular formula is C19H20O6. The lowest BCUT2D eigenvalue weighted by Gasteiger charge is -2.10. The van der Waals surface area contributed by atoms with Crippen molar-refractivity contribution in [1.29, 1.82) is 0 Å². The van der Waals surface area contributed by atoms with Gasteiger partial charge in [0.25, 0.3) is 0 Å². The molecule has 0 aliphatic rings. The fourth-order valence-electron chi connectivity index (χ4n) is 2.49. The van der Waals surface area contributed by atoms with Crippen LogP contribution in [0.1, 0.15) is 7.43 Å². The number of methoxy groups -OCH3 is 3. The third kappa shape index (κ3) is 3.24. The van der Waals surface area contributed by atoms with Crippen LogP contribution in [0.3, 0.4) is 0 Å². The molecule has 0 fully saturated rings. The average Bonchev–Trinajstić information content (AvgIpc) is 2.60. The Labute approximate surface area is 145 Å². The molecule has 132 valence electrons. The monoisotopic (exact) mass is 344 g/mol. The molecule has 1 aromatic heterocycles. The molecule has 3 rings (SSSR count). The van der Waals surface area contributed by atoms with Crippen molar-refractivity contribution < 1.29 is 23.7 Å². The van der Waals surface area contributed by atoms with Gasteiger partial charge in [-0.05, 0) is 18.2 Å². The summed E-state index contributed by atoms with van der Waals surface area (Å²) >= 11 is 0. The Morgan fingerprint density at radius 3 is 2.28 bits per heavy atom. The van der Waals surface area contributed by atoms with Gasteiger partial charge in [0.15, 0.2) is 16.9 Å². The minimum atomic E-state index is -0.346. The zero-order valence-corrected chi connectivity index (χ0v) is 13.5. The number of hydrogen-bond donors (Lipinski definition) is 1. The van der Waals surface area contributed by atoms with Crippen molar-refractivity contribution in [2.75, 3.05) is 21.3 Å². The van der Waals surface area contributed by atoms with E-state index in [1.165, 1.54) is 26.4 Å². The number of fused-ring (bicyclic) bond motifs is 1. The smallest absolute Gasteiger partial charge is 0.197 e. The molecule has 1 heterocycles. The van der Waals surface area contributed by atoms with Gasteiger partial charge in [0.05, 0.1) is 21.3 Å². The number of rotatable bonds is 4. The maximum Gasteiger partial charge on any atom is 0.197 e. The van der Waals surface area contributed by atoms with Gasteiger partial charge in [0.2, 0.25) is 0 Å². The van der Waals surface area contributed by atoms with Crippen LogP contribution in [0.25, 0.3) is 22.3 Å². The van der Waals surface area contributed by atoms with E-state index in [1.54, 1.807) is 31.4 Å². The number of aromatic hydroxyl groups is 1. The summed E-state index contributed by atoms with van der Waals surface area (Å²) in [5.41, 5.74) is 0.541. The summed E-state index contributed by atoms with van der Waals surface area (Å²) in [6.07, 6.45) is 0. The minimum Gasteiger partial charge on any atom is -0.507 e. The van der Waals surface area contributed by atoms with E-state index in [9.17, 15) is 9.90 Å². The molecule has 1 N–H and O–H groups in total. The van der Waals surface area contributed by atoms with Gasteiger partial charge < -0.3 is 23.7 Å². The average molecular weight is 344 g/mol. The van der Waals surface area contributed by atoms with E-state index in [0.717, 1.165) is 0 Å². The van der Waals surface area contributed by atoms with Gasteiger partial charge >= 0.3 is 0 Å². The standard InChI is InChI=1S/C18H16O6.CH4/c1-21-11-7-12(19)18-13(20)9-15(24-17(18)8-11)10-4-5-14(22-2)16(6-10)23-3;/h4-9,19H,1-3H3;1H4. The van der Waals surface area contributed by atoms with E-state index < -0.39 is 0 Å². The summed E-state index contributed by atoms with van der Waals surface area (Å²) in [4.78, 5) is 12.4. The Morgan fingerprint density at radius 2 is 1.64 bits per heavy atom. The Balaban J connectivity index is 0.00000225. The van der Waals surface area contributed by atoms with Crippen LogP contribution >= 0.6 is 0 Å². The normalized spacial score (nSPS) is 10.2. The molecule has 0 saturated heterocycles. The highest BCUT2D eigenvalue weighted by Gasteiger charge is 2.14. The lowest BCUT2D eigenvalue weighted by molar-refractivity contribution is 0.355. The van der Waals surface area contributed by atoms with E-state index in [-0.39, 0.29) is 29.6 Å². The Bertz CT molecular complexity index is 958. The van der Waals surface area contributed by atoms with Gasteiger partial charge in [-0.1, -0.05) is 7.43 Å². The van der Waals surface area contributed by atoms with E-state index in [1.807, 2.05) is 0 Å². The second-order valence-electron chi connectivity index (χ2n) is 5.06. The van der Waals surface area contributed by atoms with Crippen LogP contribution < -0.4 is 19.6 Å². The summed E-state index contributed by atoms with van der Waals surface area (Å²) < 4.78 is 21.4. The van der Waals surface area contributed by atoms with Crippen LogP contribution in [-0.2, 0) is 0 Å². The lowest BCUT2D eigenvalue weighted by atomic mass is 10.1. The Kier molecular flexibility index (Phi) is 5.22. The molecule has 0 amide bonds. The molecule has 0 aliphatic carbocycles. The molecular weight excluding hydrogens is 324 g/mol. The molecule has 0 atom stereocenters. The van der Waals surface area contributed by atoms with Gasteiger partial charge in [-0.2, -0.15) is 0 Å². The second kappa shape index (κ2) is 7.17. The first kappa shape index (κ1) is 18.2. The predicted octanol–water partition coefficient (Wildman–Crippen LogP) is 3.83. The molecule has 0 spiro atoms. The fourth-order valence-corrected chi connectivity index (χ4v) is 2.49. The third-order valence-corrected chi connectivity index (χ3v) is 3.69. The van der Waals surface area contributed by atoms with Crippen LogP contribution in [0, 0.1) is 0 Å². The van der Waals surface area contributed by atoms with Gasteiger partial charge in [-0.15, -0.1) is 0 Å². The van der Waals surface area contributed by atoms with Crippen molar-refractivity contribution in [3.8, 4) is 34.3 Å². The van der Waals surface area contributed by atoms with Crippen LogP contribution in [0.5, 0.6) is 23.0 Å². The summed E-state index contributed by atoms with van der Waals surface area (Å²) in [6.45, 7) is 0. The Hall–Kier alpha value is -3.15. The quantitative estimate of drug-likeness (QED) is 0.775. The van der Waals surface area contributed by atoms with Crippen LogP contribution in [-0.4, -0.2) is 26.4 Å². The van der Waals surface area contributed by atoms with Crippen molar-refractivity contribution in [2.45, 2.75) is 7.43 Å². The van der Waals surface area contributed by atoms with Gasteiger partial charge in [-0.3, -0.25) is 4.79 Å². The molecule has 0 aliphatic heterocycles. The van der Waals surface area contributed by atoms with Crippen LogP contribution in [0.15, 0.2) is 45.6 Å². The molecule has 6 nitrogen and oxygen atoms in total. The molecule has 25 heavy (non-hydrogen) atoms. The highest BCUT2D eigenvalue weighted by molar-refractivity contribution is 5.86. The Morgan fingerprint density at radius 1 is 0.920 bits per heavy atom. The molecule has 0 radical (unpaired) electrons. The fraction of sp³-hybridized carbons (Fsp3) is 0.211. The number of benzene rings is 2. The van der Waals surface area contributed by atoms with Crippen molar-refractivity contribution in [3.63, 3.8) is 0 Å². The second-order valence-corrected chi connectivity index (χ2v) is 5.06. The van der Waals surface area contributed by atoms with Crippen molar-refractivity contribution in [3.05, 3.63) is 46.6 Å². The molecule has 0 unspecified atom stereocenters. The van der Waals surface area contributed by atoms with Crippen LogP contribution in [0.2, 0.25) is 0 Å².